The average molecular weight is 330 g/mol. The van der Waals surface area contributed by atoms with Crippen LogP contribution in [0.15, 0.2) is 53.5 Å². The first-order valence-corrected chi connectivity index (χ1v) is 7.97. The SMILES string of the molecule is COCCNC(=O)/C(=C\c1cccs1)NC(=O)c1ccccc1. The predicted octanol–water partition coefficient (Wildman–Crippen LogP) is 2.28. The molecule has 0 radical (unpaired) electrons. The Balaban J connectivity index is 2.13. The van der Waals surface area contributed by atoms with E-state index >= 15 is 0 Å². The van der Waals surface area contributed by atoms with Crippen molar-refractivity contribution >= 4 is 29.2 Å². The van der Waals surface area contributed by atoms with E-state index in [1.54, 1.807) is 37.5 Å². The zero-order valence-corrected chi connectivity index (χ0v) is 13.6. The number of methoxy groups -OCH3 is 1. The van der Waals surface area contributed by atoms with Crippen LogP contribution in [0.3, 0.4) is 0 Å². The van der Waals surface area contributed by atoms with Crippen molar-refractivity contribution in [3.05, 3.63) is 64.0 Å². The number of amides is 2. The fourth-order valence-electron chi connectivity index (χ4n) is 1.82. The van der Waals surface area contributed by atoms with Gasteiger partial charge >= 0.3 is 0 Å². The molecule has 0 aliphatic heterocycles. The molecule has 0 aliphatic carbocycles. The molecule has 120 valence electrons. The van der Waals surface area contributed by atoms with Gasteiger partial charge in [0.25, 0.3) is 11.8 Å². The van der Waals surface area contributed by atoms with E-state index in [1.165, 1.54) is 11.3 Å². The molecule has 0 aliphatic rings. The molecule has 0 saturated heterocycles. The van der Waals surface area contributed by atoms with Gasteiger partial charge in [-0.05, 0) is 29.7 Å². The Labute approximate surface area is 139 Å². The molecule has 0 saturated carbocycles. The highest BCUT2D eigenvalue weighted by molar-refractivity contribution is 7.10. The van der Waals surface area contributed by atoms with Crippen molar-refractivity contribution in [2.75, 3.05) is 20.3 Å². The summed E-state index contributed by atoms with van der Waals surface area (Å²) < 4.78 is 4.91. The van der Waals surface area contributed by atoms with E-state index in [4.69, 9.17) is 4.74 Å². The molecule has 0 spiro atoms. The third kappa shape index (κ3) is 5.36. The van der Waals surface area contributed by atoms with Crippen LogP contribution in [-0.4, -0.2) is 32.1 Å². The molecule has 5 nitrogen and oxygen atoms in total. The highest BCUT2D eigenvalue weighted by atomic mass is 32.1. The number of nitrogens with one attached hydrogen (secondary N) is 2. The van der Waals surface area contributed by atoms with E-state index in [0.29, 0.717) is 18.7 Å². The summed E-state index contributed by atoms with van der Waals surface area (Å²) in [6.07, 6.45) is 1.66. The third-order valence-electron chi connectivity index (χ3n) is 2.95. The molecule has 1 heterocycles. The van der Waals surface area contributed by atoms with Crippen molar-refractivity contribution < 1.29 is 14.3 Å². The molecule has 0 atom stereocenters. The van der Waals surface area contributed by atoms with E-state index in [2.05, 4.69) is 10.6 Å². The predicted molar refractivity (Wildman–Crippen MR) is 91.1 cm³/mol. The van der Waals surface area contributed by atoms with Crippen LogP contribution in [0.25, 0.3) is 6.08 Å². The van der Waals surface area contributed by atoms with E-state index in [0.717, 1.165) is 4.88 Å². The van der Waals surface area contributed by atoms with Gasteiger partial charge in [-0.25, -0.2) is 0 Å². The molecule has 6 heteroatoms. The number of thiophene rings is 1. The summed E-state index contributed by atoms with van der Waals surface area (Å²) in [6.45, 7) is 0.781. The van der Waals surface area contributed by atoms with E-state index in [1.807, 2.05) is 23.6 Å². The van der Waals surface area contributed by atoms with Crippen LogP contribution < -0.4 is 10.6 Å². The number of benzene rings is 1. The molecule has 23 heavy (non-hydrogen) atoms. The smallest absolute Gasteiger partial charge is 0.267 e. The first-order valence-electron chi connectivity index (χ1n) is 7.09. The first-order chi connectivity index (χ1) is 11.2. The molecule has 1 aromatic heterocycles. The Kier molecular flexibility index (Phi) is 6.53. The zero-order valence-electron chi connectivity index (χ0n) is 12.7. The van der Waals surface area contributed by atoms with E-state index in [9.17, 15) is 9.59 Å². The van der Waals surface area contributed by atoms with Crippen LogP contribution in [0.2, 0.25) is 0 Å². The van der Waals surface area contributed by atoms with Crippen LogP contribution in [0, 0.1) is 0 Å². The maximum atomic E-state index is 12.3. The highest BCUT2D eigenvalue weighted by Gasteiger charge is 2.14. The fraction of sp³-hybridized carbons (Fsp3) is 0.176. The van der Waals surface area contributed by atoms with Gasteiger partial charge in [-0.1, -0.05) is 24.3 Å². The lowest BCUT2D eigenvalue weighted by Gasteiger charge is -2.10. The second-order valence-electron chi connectivity index (χ2n) is 4.64. The molecular formula is C17H18N2O3S. The van der Waals surface area contributed by atoms with Crippen molar-refractivity contribution in [3.8, 4) is 0 Å². The maximum Gasteiger partial charge on any atom is 0.267 e. The normalized spacial score (nSPS) is 11.1. The van der Waals surface area contributed by atoms with Crippen molar-refractivity contribution in [1.82, 2.24) is 10.6 Å². The standard InChI is InChI=1S/C17H18N2O3S/c1-22-10-9-18-17(21)15(12-14-8-5-11-23-14)19-16(20)13-6-3-2-4-7-13/h2-8,11-12H,9-10H2,1H3,(H,18,21)(H,19,20)/b15-12+. The number of carbonyl (C=O) groups excluding carboxylic acids is 2. The Bertz CT molecular complexity index is 666. The molecule has 0 fully saturated rings. The van der Waals surface area contributed by atoms with Gasteiger partial charge in [0.05, 0.1) is 6.61 Å². The van der Waals surface area contributed by atoms with Crippen molar-refractivity contribution in [3.63, 3.8) is 0 Å². The largest absolute Gasteiger partial charge is 0.383 e. The molecule has 0 unspecified atom stereocenters. The van der Waals surface area contributed by atoms with Gasteiger partial charge in [0.1, 0.15) is 5.70 Å². The number of ether oxygens (including phenoxy) is 1. The third-order valence-corrected chi connectivity index (χ3v) is 3.77. The topological polar surface area (TPSA) is 67.4 Å². The molecule has 2 rings (SSSR count). The van der Waals surface area contributed by atoms with Crippen LogP contribution in [0.1, 0.15) is 15.2 Å². The lowest BCUT2D eigenvalue weighted by Crippen LogP contribution is -2.36. The number of rotatable bonds is 7. The summed E-state index contributed by atoms with van der Waals surface area (Å²) in [4.78, 5) is 25.4. The zero-order chi connectivity index (χ0) is 16.5. The fourth-order valence-corrected chi connectivity index (χ4v) is 2.48. The Hall–Kier alpha value is -2.44. The van der Waals surface area contributed by atoms with Crippen LogP contribution >= 0.6 is 11.3 Å². The average Bonchev–Trinajstić information content (AvgIpc) is 3.08. The maximum absolute atomic E-state index is 12.3. The van der Waals surface area contributed by atoms with Crippen molar-refractivity contribution in [2.24, 2.45) is 0 Å². The van der Waals surface area contributed by atoms with Gasteiger partial charge in [0, 0.05) is 24.1 Å². The summed E-state index contributed by atoms with van der Waals surface area (Å²) in [5, 5.41) is 7.29. The molecule has 2 amide bonds. The molecule has 1 aromatic carbocycles. The summed E-state index contributed by atoms with van der Waals surface area (Å²) in [5.41, 5.74) is 0.701. The second-order valence-corrected chi connectivity index (χ2v) is 5.62. The molecule has 0 bridgehead atoms. The minimum atomic E-state index is -0.347. The number of hydrogen-bond donors (Lipinski definition) is 2. The summed E-state index contributed by atoms with van der Waals surface area (Å²) >= 11 is 1.49. The van der Waals surface area contributed by atoms with Crippen LogP contribution in [0.5, 0.6) is 0 Å². The van der Waals surface area contributed by atoms with E-state index < -0.39 is 0 Å². The Morgan fingerprint density at radius 2 is 1.96 bits per heavy atom. The van der Waals surface area contributed by atoms with Gasteiger partial charge in [0.2, 0.25) is 0 Å². The van der Waals surface area contributed by atoms with Gasteiger partial charge in [-0.3, -0.25) is 9.59 Å². The Morgan fingerprint density at radius 1 is 1.17 bits per heavy atom. The quantitative estimate of drug-likeness (QED) is 0.604. The van der Waals surface area contributed by atoms with Crippen molar-refractivity contribution in [2.45, 2.75) is 0 Å². The summed E-state index contributed by atoms with van der Waals surface area (Å²) in [5.74, 6) is -0.671. The lowest BCUT2D eigenvalue weighted by molar-refractivity contribution is -0.117. The molecular weight excluding hydrogens is 312 g/mol. The summed E-state index contributed by atoms with van der Waals surface area (Å²) in [6, 6.07) is 12.5. The minimum Gasteiger partial charge on any atom is -0.383 e. The van der Waals surface area contributed by atoms with Gasteiger partial charge in [-0.2, -0.15) is 0 Å². The van der Waals surface area contributed by atoms with Gasteiger partial charge < -0.3 is 15.4 Å². The second kappa shape index (κ2) is 8.87. The minimum absolute atomic E-state index is 0.206. The monoisotopic (exact) mass is 330 g/mol. The van der Waals surface area contributed by atoms with Crippen LogP contribution in [-0.2, 0) is 9.53 Å². The first kappa shape index (κ1) is 16.9. The summed E-state index contributed by atoms with van der Waals surface area (Å²) in [7, 11) is 1.56. The highest BCUT2D eigenvalue weighted by Crippen LogP contribution is 2.13. The molecule has 2 N–H and O–H groups in total. The van der Waals surface area contributed by atoms with Gasteiger partial charge in [-0.15, -0.1) is 11.3 Å². The number of carbonyl (C=O) groups is 2. The molecule has 2 aromatic rings. The van der Waals surface area contributed by atoms with Gasteiger partial charge in [0.15, 0.2) is 0 Å². The Morgan fingerprint density at radius 3 is 2.61 bits per heavy atom. The van der Waals surface area contributed by atoms with Crippen LogP contribution in [0.4, 0.5) is 0 Å². The van der Waals surface area contributed by atoms with Crippen molar-refractivity contribution in [1.29, 1.82) is 0 Å². The number of hydrogen-bond acceptors (Lipinski definition) is 4. The lowest BCUT2D eigenvalue weighted by atomic mass is 10.2. The van der Waals surface area contributed by atoms with E-state index in [-0.39, 0.29) is 17.5 Å².